The molecule has 0 amide bonds. The van der Waals surface area contributed by atoms with Crippen LogP contribution in [0.15, 0.2) is 17.6 Å². The van der Waals surface area contributed by atoms with E-state index in [-0.39, 0.29) is 0 Å². The summed E-state index contributed by atoms with van der Waals surface area (Å²) in [6, 6.07) is 2.14. The van der Waals surface area contributed by atoms with E-state index in [4.69, 9.17) is 0 Å². The van der Waals surface area contributed by atoms with E-state index in [9.17, 15) is 0 Å². The summed E-state index contributed by atoms with van der Waals surface area (Å²) in [7, 11) is 2.00. The van der Waals surface area contributed by atoms with Crippen LogP contribution in [-0.4, -0.2) is 9.55 Å². The maximum Gasteiger partial charge on any atom is 0.203 e. The highest BCUT2D eigenvalue weighted by molar-refractivity contribution is 7.10. The van der Waals surface area contributed by atoms with E-state index in [1.165, 1.54) is 10.4 Å². The van der Waals surface area contributed by atoms with Crippen LogP contribution in [0.3, 0.4) is 0 Å². The van der Waals surface area contributed by atoms with Crippen LogP contribution < -0.4 is 5.32 Å². The summed E-state index contributed by atoms with van der Waals surface area (Å²) in [4.78, 5) is 5.77. The second-order valence-corrected chi connectivity index (χ2v) is 4.70. The van der Waals surface area contributed by atoms with Gasteiger partial charge in [-0.25, -0.2) is 4.98 Å². The third-order valence-electron chi connectivity index (χ3n) is 2.37. The lowest BCUT2D eigenvalue weighted by Gasteiger charge is -2.04. The quantitative estimate of drug-likeness (QED) is 0.863. The Kier molecular flexibility index (Phi) is 2.77. The lowest BCUT2D eigenvalue weighted by Crippen LogP contribution is -2.04. The first-order valence-electron chi connectivity index (χ1n) is 4.93. The molecule has 2 aromatic heterocycles. The number of aryl methyl sites for hydroxylation is 3. The van der Waals surface area contributed by atoms with Crippen LogP contribution in [-0.2, 0) is 13.6 Å². The van der Waals surface area contributed by atoms with E-state index in [0.717, 1.165) is 18.2 Å². The predicted octanol–water partition coefficient (Wildman–Crippen LogP) is 2.71. The van der Waals surface area contributed by atoms with Gasteiger partial charge in [0.15, 0.2) is 0 Å². The highest BCUT2D eigenvalue weighted by atomic mass is 32.1. The van der Waals surface area contributed by atoms with Crippen LogP contribution >= 0.6 is 11.3 Å². The minimum atomic E-state index is 0.855. The second kappa shape index (κ2) is 4.06. The maximum atomic E-state index is 4.40. The Bertz CT molecular complexity index is 456. The van der Waals surface area contributed by atoms with Gasteiger partial charge in [-0.2, -0.15) is 0 Å². The van der Waals surface area contributed by atoms with E-state index < -0.39 is 0 Å². The first kappa shape index (κ1) is 10.2. The average Bonchev–Trinajstić information content (AvgIpc) is 2.70. The number of imidazole rings is 1. The van der Waals surface area contributed by atoms with Gasteiger partial charge in [0.2, 0.25) is 5.95 Å². The minimum absolute atomic E-state index is 0.855. The standard InChI is InChI=1S/C11H15N3S/c1-8-4-5-15-10(8)6-12-11-13-9(2)7-14(11)3/h4-5,7H,6H2,1-3H3,(H,12,13). The number of nitrogens with zero attached hydrogens (tertiary/aromatic N) is 2. The zero-order chi connectivity index (χ0) is 10.8. The number of hydrogen-bond donors (Lipinski definition) is 1. The smallest absolute Gasteiger partial charge is 0.203 e. The third-order valence-corrected chi connectivity index (χ3v) is 3.40. The molecule has 3 nitrogen and oxygen atoms in total. The molecule has 15 heavy (non-hydrogen) atoms. The van der Waals surface area contributed by atoms with Gasteiger partial charge in [0.05, 0.1) is 12.2 Å². The summed E-state index contributed by atoms with van der Waals surface area (Å²) in [5.74, 6) is 0.931. The second-order valence-electron chi connectivity index (χ2n) is 3.70. The van der Waals surface area contributed by atoms with Gasteiger partial charge in [0, 0.05) is 18.1 Å². The molecule has 80 valence electrons. The molecule has 0 atom stereocenters. The molecular weight excluding hydrogens is 206 g/mol. The number of nitrogens with one attached hydrogen (secondary N) is 1. The van der Waals surface area contributed by atoms with Gasteiger partial charge >= 0.3 is 0 Å². The van der Waals surface area contributed by atoms with Crippen molar-refractivity contribution in [3.05, 3.63) is 33.8 Å². The fourth-order valence-corrected chi connectivity index (χ4v) is 2.37. The van der Waals surface area contributed by atoms with Crippen molar-refractivity contribution in [2.45, 2.75) is 20.4 Å². The van der Waals surface area contributed by atoms with Crippen LogP contribution in [0, 0.1) is 13.8 Å². The molecule has 0 aliphatic carbocycles. The molecule has 0 spiro atoms. The molecule has 0 saturated carbocycles. The molecule has 0 radical (unpaired) electrons. The van der Waals surface area contributed by atoms with E-state index in [0.29, 0.717) is 0 Å². The van der Waals surface area contributed by atoms with Crippen molar-refractivity contribution in [2.75, 3.05) is 5.32 Å². The molecule has 1 N–H and O–H groups in total. The topological polar surface area (TPSA) is 29.9 Å². The first-order chi connectivity index (χ1) is 7.16. The molecule has 2 aromatic rings. The fraction of sp³-hybridized carbons (Fsp3) is 0.364. The summed E-state index contributed by atoms with van der Waals surface area (Å²) in [5, 5.41) is 5.46. The Hall–Kier alpha value is -1.29. The molecule has 0 fully saturated rings. The Balaban J connectivity index is 2.05. The number of rotatable bonds is 3. The van der Waals surface area contributed by atoms with Crippen LogP contribution in [0.5, 0.6) is 0 Å². The molecule has 0 unspecified atom stereocenters. The molecule has 0 aliphatic heterocycles. The molecule has 4 heteroatoms. The number of hydrogen-bond acceptors (Lipinski definition) is 3. The number of aromatic nitrogens is 2. The van der Waals surface area contributed by atoms with Gasteiger partial charge in [-0.15, -0.1) is 11.3 Å². The van der Waals surface area contributed by atoms with Gasteiger partial charge in [-0.1, -0.05) is 0 Å². The summed E-state index contributed by atoms with van der Waals surface area (Å²) in [6.07, 6.45) is 2.02. The Labute approximate surface area is 93.8 Å². The first-order valence-corrected chi connectivity index (χ1v) is 5.81. The van der Waals surface area contributed by atoms with Crippen LogP contribution in [0.25, 0.3) is 0 Å². The summed E-state index contributed by atoms with van der Waals surface area (Å²) < 4.78 is 2.01. The summed E-state index contributed by atoms with van der Waals surface area (Å²) >= 11 is 1.78. The fourth-order valence-electron chi connectivity index (χ4n) is 1.52. The van der Waals surface area contributed by atoms with Crippen molar-refractivity contribution >= 4 is 17.3 Å². The monoisotopic (exact) mass is 221 g/mol. The minimum Gasteiger partial charge on any atom is -0.351 e. The largest absolute Gasteiger partial charge is 0.351 e. The zero-order valence-electron chi connectivity index (χ0n) is 9.24. The molecule has 2 heterocycles. The highest BCUT2D eigenvalue weighted by Gasteiger charge is 2.03. The average molecular weight is 221 g/mol. The Morgan fingerprint density at radius 1 is 1.47 bits per heavy atom. The molecule has 0 aromatic carbocycles. The number of anilines is 1. The summed E-state index contributed by atoms with van der Waals surface area (Å²) in [6.45, 7) is 4.99. The van der Waals surface area contributed by atoms with E-state index in [1.54, 1.807) is 11.3 Å². The molecule has 0 saturated heterocycles. The van der Waals surface area contributed by atoms with Crippen LogP contribution in [0.2, 0.25) is 0 Å². The van der Waals surface area contributed by atoms with E-state index >= 15 is 0 Å². The SMILES string of the molecule is Cc1cn(C)c(NCc2sccc2C)n1. The van der Waals surface area contributed by atoms with Crippen molar-refractivity contribution < 1.29 is 0 Å². The van der Waals surface area contributed by atoms with Gasteiger partial charge in [-0.3, -0.25) is 0 Å². The van der Waals surface area contributed by atoms with Crippen molar-refractivity contribution in [1.82, 2.24) is 9.55 Å². The molecule has 2 rings (SSSR count). The van der Waals surface area contributed by atoms with E-state index in [2.05, 4.69) is 28.7 Å². The van der Waals surface area contributed by atoms with Crippen molar-refractivity contribution in [3.63, 3.8) is 0 Å². The van der Waals surface area contributed by atoms with Crippen molar-refractivity contribution in [2.24, 2.45) is 7.05 Å². The lowest BCUT2D eigenvalue weighted by atomic mass is 10.3. The van der Waals surface area contributed by atoms with Gasteiger partial charge in [0.1, 0.15) is 0 Å². The Morgan fingerprint density at radius 2 is 2.27 bits per heavy atom. The van der Waals surface area contributed by atoms with Crippen molar-refractivity contribution in [1.29, 1.82) is 0 Å². The zero-order valence-corrected chi connectivity index (χ0v) is 10.1. The maximum absolute atomic E-state index is 4.40. The third kappa shape index (κ3) is 2.21. The van der Waals surface area contributed by atoms with Crippen LogP contribution in [0.4, 0.5) is 5.95 Å². The lowest BCUT2D eigenvalue weighted by molar-refractivity contribution is 0.901. The van der Waals surface area contributed by atoms with Gasteiger partial charge in [-0.05, 0) is 30.9 Å². The number of thiophene rings is 1. The molecule has 0 bridgehead atoms. The van der Waals surface area contributed by atoms with Gasteiger partial charge in [0.25, 0.3) is 0 Å². The highest BCUT2D eigenvalue weighted by Crippen LogP contribution is 2.17. The predicted molar refractivity (Wildman–Crippen MR) is 64.3 cm³/mol. The van der Waals surface area contributed by atoms with Gasteiger partial charge < -0.3 is 9.88 Å². The Morgan fingerprint density at radius 3 is 2.80 bits per heavy atom. The molecule has 0 aliphatic rings. The summed E-state index contributed by atoms with van der Waals surface area (Å²) in [5.41, 5.74) is 2.39. The molecular formula is C11H15N3S. The van der Waals surface area contributed by atoms with Crippen molar-refractivity contribution in [3.8, 4) is 0 Å². The van der Waals surface area contributed by atoms with E-state index in [1.807, 2.05) is 24.7 Å². The van der Waals surface area contributed by atoms with Crippen LogP contribution in [0.1, 0.15) is 16.1 Å². The normalized spacial score (nSPS) is 10.6.